The van der Waals surface area contributed by atoms with Crippen molar-refractivity contribution in [3.8, 4) is 0 Å². The molecule has 3 atom stereocenters. The summed E-state index contributed by atoms with van der Waals surface area (Å²) in [6.07, 6.45) is -0.627. The van der Waals surface area contributed by atoms with Crippen molar-refractivity contribution in [3.05, 3.63) is 12.2 Å². The van der Waals surface area contributed by atoms with Crippen molar-refractivity contribution in [3.63, 3.8) is 0 Å². The third-order valence-electron chi connectivity index (χ3n) is 2.14. The van der Waals surface area contributed by atoms with E-state index in [1.807, 2.05) is 0 Å². The summed E-state index contributed by atoms with van der Waals surface area (Å²) in [6, 6.07) is -1.25. The second kappa shape index (κ2) is 10.2. The molecule has 1 amide bonds. The monoisotopic (exact) mass is 322 g/mol. The molecule has 6 N–H and O–H groups in total. The van der Waals surface area contributed by atoms with Gasteiger partial charge in [0.2, 0.25) is 12.1 Å². The van der Waals surface area contributed by atoms with Gasteiger partial charge in [-0.1, -0.05) is 6.08 Å². The zero-order valence-corrected chi connectivity index (χ0v) is 11.9. The smallest absolute Gasteiger partial charge is 0.353 e. The second-order valence-electron chi connectivity index (χ2n) is 3.89. The molecule has 0 aromatic rings. The molecule has 0 fully saturated rings. The van der Waals surface area contributed by atoms with Crippen LogP contribution < -0.4 is 11.1 Å². The van der Waals surface area contributed by atoms with Crippen LogP contribution in [0.3, 0.4) is 0 Å². The van der Waals surface area contributed by atoms with Crippen LogP contribution in [-0.4, -0.2) is 63.9 Å². The summed E-state index contributed by atoms with van der Waals surface area (Å²) in [5, 5.41) is 27.9. The molecule has 0 aliphatic rings. The van der Waals surface area contributed by atoms with Crippen LogP contribution in [0.25, 0.3) is 0 Å². The van der Waals surface area contributed by atoms with E-state index < -0.39 is 49.2 Å². The van der Waals surface area contributed by atoms with Gasteiger partial charge in [0.05, 0.1) is 13.0 Å². The lowest BCUT2D eigenvalue weighted by atomic mass is 10.2. The van der Waals surface area contributed by atoms with Crippen LogP contribution in [0.4, 0.5) is 0 Å². The fourth-order valence-corrected chi connectivity index (χ4v) is 1.25. The first-order valence-electron chi connectivity index (χ1n) is 5.86. The number of nitrogens with one attached hydrogen (secondary N) is 1. The number of esters is 1. The summed E-state index contributed by atoms with van der Waals surface area (Å²) in [6.45, 7) is -0.619. The molecular weight excluding hydrogens is 304 g/mol. The molecule has 0 saturated heterocycles. The first-order valence-corrected chi connectivity index (χ1v) is 6.49. The van der Waals surface area contributed by atoms with Gasteiger partial charge in [-0.3, -0.25) is 9.59 Å². The van der Waals surface area contributed by atoms with Gasteiger partial charge < -0.3 is 31.1 Å². The van der Waals surface area contributed by atoms with Crippen LogP contribution >= 0.6 is 12.6 Å². The molecule has 0 heterocycles. The van der Waals surface area contributed by atoms with E-state index in [-0.39, 0.29) is 0 Å². The number of hydrogen-bond acceptors (Lipinski definition) is 8. The molecule has 0 aliphatic carbocycles. The highest BCUT2D eigenvalue weighted by Gasteiger charge is 2.22. The molecule has 0 aliphatic heterocycles. The summed E-state index contributed by atoms with van der Waals surface area (Å²) >= 11 is 3.91. The maximum atomic E-state index is 11.5. The number of carboxylic acid groups (broad SMARTS) is 1. The minimum absolute atomic E-state index is 0.319. The van der Waals surface area contributed by atoms with Gasteiger partial charge in [-0.15, -0.1) is 0 Å². The number of carboxylic acids is 1. The number of rotatable bonds is 9. The Labute approximate surface area is 126 Å². The number of aliphatic hydroxyl groups is 2. The summed E-state index contributed by atoms with van der Waals surface area (Å²) in [5.74, 6) is -3.06. The molecule has 0 rings (SSSR count). The number of ether oxygens (including phenoxy) is 1. The number of amides is 1. The van der Waals surface area contributed by atoms with Crippen molar-refractivity contribution in [1.82, 2.24) is 5.32 Å². The summed E-state index contributed by atoms with van der Waals surface area (Å²) in [5.41, 5.74) is 5.26. The molecule has 3 unspecified atom stereocenters. The first kappa shape index (κ1) is 19.4. The zero-order chi connectivity index (χ0) is 16.4. The molecule has 0 bridgehead atoms. The number of thiol groups is 1. The van der Waals surface area contributed by atoms with E-state index in [9.17, 15) is 14.4 Å². The molecule has 0 radical (unpaired) electrons. The van der Waals surface area contributed by atoms with Gasteiger partial charge >= 0.3 is 11.9 Å². The number of carbonyl (C=O) groups excluding carboxylic acids is 2. The van der Waals surface area contributed by atoms with Crippen molar-refractivity contribution in [2.24, 2.45) is 5.73 Å². The lowest BCUT2D eigenvalue weighted by molar-refractivity contribution is -0.154. The van der Waals surface area contributed by atoms with Crippen LogP contribution in [0, 0.1) is 0 Å². The maximum absolute atomic E-state index is 11.5. The Morgan fingerprint density at radius 3 is 2.48 bits per heavy atom. The van der Waals surface area contributed by atoms with Crippen molar-refractivity contribution in [1.29, 1.82) is 0 Å². The van der Waals surface area contributed by atoms with Gasteiger partial charge in [-0.25, -0.2) is 4.79 Å². The topological polar surface area (TPSA) is 159 Å². The molecule has 9 nitrogen and oxygen atoms in total. The third kappa shape index (κ3) is 8.30. The lowest BCUT2D eigenvalue weighted by Gasteiger charge is -2.17. The average Bonchev–Trinajstić information content (AvgIpc) is 2.43. The van der Waals surface area contributed by atoms with Gasteiger partial charge in [-0.05, 0) is 6.08 Å². The third-order valence-corrected chi connectivity index (χ3v) is 2.35. The van der Waals surface area contributed by atoms with Crippen LogP contribution in [0.1, 0.15) is 6.42 Å². The Morgan fingerprint density at radius 2 is 2.00 bits per heavy atom. The number of carbonyl (C=O) groups is 3. The van der Waals surface area contributed by atoms with E-state index in [0.717, 1.165) is 0 Å². The van der Waals surface area contributed by atoms with Crippen molar-refractivity contribution >= 4 is 30.5 Å². The van der Waals surface area contributed by atoms with Crippen LogP contribution in [0.2, 0.25) is 0 Å². The molecular formula is C11H18N2O7S. The van der Waals surface area contributed by atoms with Gasteiger partial charge in [0.1, 0.15) is 12.1 Å². The second-order valence-corrected chi connectivity index (χ2v) is 4.25. The van der Waals surface area contributed by atoms with Crippen molar-refractivity contribution in [2.45, 2.75) is 24.8 Å². The van der Waals surface area contributed by atoms with Gasteiger partial charge in [0.15, 0.2) is 0 Å². The minimum Gasteiger partial charge on any atom is -0.478 e. The molecule has 0 aromatic carbocycles. The highest BCUT2D eigenvalue weighted by Crippen LogP contribution is 2.04. The number of aliphatic carboxylic acids is 1. The highest BCUT2D eigenvalue weighted by atomic mass is 32.1. The average molecular weight is 322 g/mol. The Hall–Kier alpha value is -1.62. The first-order chi connectivity index (χ1) is 9.81. The number of hydrogen-bond donors (Lipinski definition) is 6. The Bertz CT molecular complexity index is 402. The van der Waals surface area contributed by atoms with Gasteiger partial charge in [-0.2, -0.15) is 12.6 Å². The fraction of sp³-hybridized carbons (Fsp3) is 0.545. The van der Waals surface area contributed by atoms with Crippen LogP contribution in [0.5, 0.6) is 0 Å². The van der Waals surface area contributed by atoms with E-state index in [2.05, 4.69) is 12.6 Å². The van der Waals surface area contributed by atoms with E-state index in [4.69, 9.17) is 25.8 Å². The maximum Gasteiger partial charge on any atom is 0.353 e. The zero-order valence-electron chi connectivity index (χ0n) is 11.0. The van der Waals surface area contributed by atoms with Crippen LogP contribution in [0.15, 0.2) is 12.2 Å². The lowest BCUT2D eigenvalue weighted by Crippen LogP contribution is -2.43. The summed E-state index contributed by atoms with van der Waals surface area (Å²) < 4.78 is 4.88. The van der Waals surface area contributed by atoms with Gasteiger partial charge in [0.25, 0.3) is 0 Å². The Kier molecular flexibility index (Phi) is 9.37. The summed E-state index contributed by atoms with van der Waals surface area (Å²) in [7, 11) is 0. The van der Waals surface area contributed by atoms with E-state index >= 15 is 0 Å². The molecule has 10 heteroatoms. The molecule has 0 saturated carbocycles. The molecule has 120 valence electrons. The number of nitrogens with two attached hydrogens (primary N) is 1. The van der Waals surface area contributed by atoms with E-state index in [1.165, 1.54) is 12.2 Å². The van der Waals surface area contributed by atoms with Crippen molar-refractivity contribution in [2.75, 3.05) is 12.4 Å². The predicted octanol–water partition coefficient (Wildman–Crippen LogP) is -2.39. The highest BCUT2D eigenvalue weighted by molar-refractivity contribution is 7.80. The fourth-order valence-electron chi connectivity index (χ4n) is 1.13. The normalized spacial score (nSPS) is 15.2. The quantitative estimate of drug-likeness (QED) is 0.119. The molecule has 21 heavy (non-hydrogen) atoms. The van der Waals surface area contributed by atoms with E-state index in [1.54, 1.807) is 5.32 Å². The SMILES string of the molecule is NC(CO)C(=O)OC(/C=C/CS)CC(=O)NC(O)C(=O)O. The molecule has 0 aromatic heterocycles. The predicted molar refractivity (Wildman–Crippen MR) is 74.3 cm³/mol. The van der Waals surface area contributed by atoms with Crippen molar-refractivity contribution < 1.29 is 34.4 Å². The Balaban J connectivity index is 4.62. The summed E-state index contributed by atoms with van der Waals surface area (Å²) in [4.78, 5) is 33.3. The Morgan fingerprint density at radius 1 is 1.38 bits per heavy atom. The van der Waals surface area contributed by atoms with Gasteiger partial charge in [0, 0.05) is 5.75 Å². The van der Waals surface area contributed by atoms with Crippen LogP contribution in [-0.2, 0) is 19.1 Å². The molecule has 0 spiro atoms. The van der Waals surface area contributed by atoms with E-state index in [0.29, 0.717) is 5.75 Å². The largest absolute Gasteiger partial charge is 0.478 e. The minimum atomic E-state index is -2.05. The standard InChI is InChI=1S/C11H18N2O7S/c12-7(5-14)11(19)20-6(2-1-3-21)4-8(15)13-9(16)10(17)18/h1-2,6-7,9,14,16,21H,3-5,12H2,(H,13,15)(H,17,18)/b2-1+. The number of aliphatic hydroxyl groups excluding tert-OH is 2.